The molecule has 0 bridgehead atoms. The standard InChI is InChI=1S/C16H27F2NO/c1-12(2)11-14(15(19)20)16(17,18)10-6-9-13-7-4-3-5-8-13/h6,10,12-14H,3-5,7-9,11H2,1-2H3,(H2,19,20). The van der Waals surface area contributed by atoms with Crippen molar-refractivity contribution in [2.45, 2.75) is 64.7 Å². The van der Waals surface area contributed by atoms with E-state index in [1.54, 1.807) is 6.08 Å². The highest BCUT2D eigenvalue weighted by Crippen LogP contribution is 2.32. The molecule has 1 rings (SSSR count). The molecule has 1 aliphatic carbocycles. The molecule has 1 aliphatic rings. The summed E-state index contributed by atoms with van der Waals surface area (Å²) in [5, 5.41) is 0. The van der Waals surface area contributed by atoms with E-state index in [2.05, 4.69) is 0 Å². The lowest BCUT2D eigenvalue weighted by Gasteiger charge is -2.24. The fourth-order valence-electron chi connectivity index (χ4n) is 2.89. The molecule has 0 aromatic heterocycles. The van der Waals surface area contributed by atoms with Crippen LogP contribution < -0.4 is 5.73 Å². The minimum Gasteiger partial charge on any atom is -0.369 e. The van der Waals surface area contributed by atoms with E-state index in [1.165, 1.54) is 19.3 Å². The number of nitrogens with two attached hydrogens (primary N) is 1. The van der Waals surface area contributed by atoms with Crippen LogP contribution in [0.2, 0.25) is 0 Å². The van der Waals surface area contributed by atoms with Crippen LogP contribution in [-0.2, 0) is 4.79 Å². The highest BCUT2D eigenvalue weighted by Gasteiger charge is 2.41. The Morgan fingerprint density at radius 2 is 1.90 bits per heavy atom. The number of rotatable bonds is 7. The third-order valence-electron chi connectivity index (χ3n) is 4.05. The van der Waals surface area contributed by atoms with Crippen LogP contribution in [0, 0.1) is 17.8 Å². The van der Waals surface area contributed by atoms with Gasteiger partial charge >= 0.3 is 0 Å². The summed E-state index contributed by atoms with van der Waals surface area (Å²) in [5.74, 6) is -4.90. The molecule has 0 aliphatic heterocycles. The zero-order valence-corrected chi connectivity index (χ0v) is 12.6. The van der Waals surface area contributed by atoms with Crippen LogP contribution in [-0.4, -0.2) is 11.8 Å². The van der Waals surface area contributed by atoms with Crippen LogP contribution in [0.1, 0.15) is 58.8 Å². The van der Waals surface area contributed by atoms with Crippen molar-refractivity contribution in [1.29, 1.82) is 0 Å². The van der Waals surface area contributed by atoms with Gasteiger partial charge < -0.3 is 5.73 Å². The molecule has 1 amide bonds. The van der Waals surface area contributed by atoms with Gasteiger partial charge in [0.25, 0.3) is 5.92 Å². The van der Waals surface area contributed by atoms with Gasteiger partial charge in [-0.25, -0.2) is 8.78 Å². The van der Waals surface area contributed by atoms with Crippen molar-refractivity contribution >= 4 is 5.91 Å². The van der Waals surface area contributed by atoms with Gasteiger partial charge in [-0.3, -0.25) is 4.79 Å². The Labute approximate surface area is 120 Å². The van der Waals surface area contributed by atoms with E-state index >= 15 is 0 Å². The smallest absolute Gasteiger partial charge is 0.277 e. The Bertz CT molecular complexity index is 333. The second-order valence-electron chi connectivity index (χ2n) is 6.40. The minimum atomic E-state index is -3.13. The van der Waals surface area contributed by atoms with Crippen LogP contribution in [0.25, 0.3) is 0 Å². The molecule has 0 heterocycles. The number of primary amides is 1. The van der Waals surface area contributed by atoms with Crippen molar-refractivity contribution in [2.24, 2.45) is 23.5 Å². The fourth-order valence-corrected chi connectivity index (χ4v) is 2.89. The number of hydrogen-bond acceptors (Lipinski definition) is 1. The van der Waals surface area contributed by atoms with Crippen LogP contribution in [0.4, 0.5) is 8.78 Å². The fraction of sp³-hybridized carbons (Fsp3) is 0.812. The predicted octanol–water partition coefficient (Wildman–Crippen LogP) is 4.30. The molecular formula is C16H27F2NO. The van der Waals surface area contributed by atoms with Gasteiger partial charge in [0, 0.05) is 0 Å². The molecule has 4 heteroatoms. The van der Waals surface area contributed by atoms with Gasteiger partial charge in [0.05, 0.1) is 0 Å². The summed E-state index contributed by atoms with van der Waals surface area (Å²) in [6.07, 6.45) is 9.17. The number of carbonyl (C=O) groups is 1. The summed E-state index contributed by atoms with van der Waals surface area (Å²) in [6.45, 7) is 3.63. The summed E-state index contributed by atoms with van der Waals surface area (Å²) in [7, 11) is 0. The number of alkyl halides is 2. The Morgan fingerprint density at radius 1 is 1.30 bits per heavy atom. The molecule has 0 spiro atoms. The molecule has 0 saturated heterocycles. The van der Waals surface area contributed by atoms with E-state index in [1.807, 2.05) is 13.8 Å². The average Bonchev–Trinajstić information content (AvgIpc) is 2.36. The highest BCUT2D eigenvalue weighted by molar-refractivity contribution is 5.78. The lowest BCUT2D eigenvalue weighted by molar-refractivity contribution is -0.132. The van der Waals surface area contributed by atoms with Crippen molar-refractivity contribution in [1.82, 2.24) is 0 Å². The topological polar surface area (TPSA) is 43.1 Å². The molecule has 1 unspecified atom stereocenters. The first-order valence-electron chi connectivity index (χ1n) is 7.67. The molecule has 1 atom stereocenters. The van der Waals surface area contributed by atoms with Gasteiger partial charge in [0.1, 0.15) is 5.92 Å². The molecule has 20 heavy (non-hydrogen) atoms. The molecule has 0 radical (unpaired) electrons. The van der Waals surface area contributed by atoms with E-state index < -0.39 is 17.7 Å². The average molecular weight is 287 g/mol. The van der Waals surface area contributed by atoms with Gasteiger partial charge in [-0.2, -0.15) is 0 Å². The highest BCUT2D eigenvalue weighted by atomic mass is 19.3. The Kier molecular flexibility index (Phi) is 6.63. The summed E-state index contributed by atoms with van der Waals surface area (Å²) in [5.41, 5.74) is 5.13. The van der Waals surface area contributed by atoms with Crippen LogP contribution in [0.5, 0.6) is 0 Å². The summed E-state index contributed by atoms with van der Waals surface area (Å²) in [4.78, 5) is 11.3. The number of halogens is 2. The van der Waals surface area contributed by atoms with Gasteiger partial charge in [-0.1, -0.05) is 52.0 Å². The maximum absolute atomic E-state index is 14.1. The Hall–Kier alpha value is -0.930. The SMILES string of the molecule is CC(C)CC(C(N)=O)C(F)(F)C=CCC1CCCCC1. The molecule has 116 valence electrons. The lowest BCUT2D eigenvalue weighted by atomic mass is 9.86. The second kappa shape index (κ2) is 7.75. The van der Waals surface area contributed by atoms with Gasteiger partial charge in [-0.15, -0.1) is 0 Å². The summed E-state index contributed by atoms with van der Waals surface area (Å²) >= 11 is 0. The Morgan fingerprint density at radius 3 is 2.40 bits per heavy atom. The monoisotopic (exact) mass is 287 g/mol. The van der Waals surface area contributed by atoms with Crippen LogP contribution in [0.3, 0.4) is 0 Å². The summed E-state index contributed by atoms with van der Waals surface area (Å²) < 4.78 is 28.1. The summed E-state index contributed by atoms with van der Waals surface area (Å²) in [6, 6.07) is 0. The molecule has 1 fully saturated rings. The van der Waals surface area contributed by atoms with Crippen molar-refractivity contribution in [3.8, 4) is 0 Å². The van der Waals surface area contributed by atoms with Crippen molar-refractivity contribution in [2.75, 3.05) is 0 Å². The van der Waals surface area contributed by atoms with Gasteiger partial charge in [-0.05, 0) is 30.8 Å². The van der Waals surface area contributed by atoms with E-state index in [0.29, 0.717) is 12.3 Å². The molecule has 1 saturated carbocycles. The van der Waals surface area contributed by atoms with Crippen molar-refractivity contribution in [3.63, 3.8) is 0 Å². The second-order valence-corrected chi connectivity index (χ2v) is 6.40. The Balaban J connectivity index is 2.57. The number of carbonyl (C=O) groups excluding carboxylic acids is 1. The van der Waals surface area contributed by atoms with E-state index in [4.69, 9.17) is 5.73 Å². The maximum atomic E-state index is 14.1. The zero-order valence-electron chi connectivity index (χ0n) is 12.6. The van der Waals surface area contributed by atoms with Crippen molar-refractivity contribution < 1.29 is 13.6 Å². The first-order chi connectivity index (χ1) is 9.33. The predicted molar refractivity (Wildman–Crippen MR) is 77.4 cm³/mol. The third-order valence-corrected chi connectivity index (χ3v) is 4.05. The van der Waals surface area contributed by atoms with Gasteiger partial charge in [0.2, 0.25) is 5.91 Å². The maximum Gasteiger partial charge on any atom is 0.277 e. The quantitative estimate of drug-likeness (QED) is 0.697. The molecule has 0 aromatic carbocycles. The number of allylic oxidation sites excluding steroid dienone is 2. The number of hydrogen-bond donors (Lipinski definition) is 1. The largest absolute Gasteiger partial charge is 0.369 e. The third kappa shape index (κ3) is 5.59. The van der Waals surface area contributed by atoms with E-state index in [-0.39, 0.29) is 12.3 Å². The molecule has 2 N–H and O–H groups in total. The lowest BCUT2D eigenvalue weighted by Crippen LogP contribution is -2.38. The first kappa shape index (κ1) is 17.1. The van der Waals surface area contributed by atoms with Gasteiger partial charge in [0.15, 0.2) is 0 Å². The number of amides is 1. The zero-order chi connectivity index (χ0) is 15.2. The van der Waals surface area contributed by atoms with E-state index in [0.717, 1.165) is 18.9 Å². The minimum absolute atomic E-state index is 0.0186. The molecular weight excluding hydrogens is 260 g/mol. The molecule has 2 nitrogen and oxygen atoms in total. The molecule has 0 aromatic rings. The van der Waals surface area contributed by atoms with Crippen LogP contribution in [0.15, 0.2) is 12.2 Å². The first-order valence-corrected chi connectivity index (χ1v) is 7.67. The van der Waals surface area contributed by atoms with Crippen LogP contribution >= 0.6 is 0 Å². The normalized spacial score (nSPS) is 19.6. The van der Waals surface area contributed by atoms with Crippen molar-refractivity contribution in [3.05, 3.63) is 12.2 Å². The van der Waals surface area contributed by atoms with E-state index in [9.17, 15) is 13.6 Å².